The van der Waals surface area contributed by atoms with E-state index in [9.17, 15) is 14.7 Å². The van der Waals surface area contributed by atoms with Crippen molar-refractivity contribution in [3.63, 3.8) is 0 Å². The molecule has 0 aliphatic heterocycles. The molecule has 144 valence electrons. The van der Waals surface area contributed by atoms with Crippen LogP contribution in [0.5, 0.6) is 11.5 Å². The SMILES string of the molecule is COc1ccc(OC)c(CCC(=O)NC(C(=O)O)c2cc(C)cc(C)c2)c1. The largest absolute Gasteiger partial charge is 0.497 e. The van der Waals surface area contributed by atoms with Crippen molar-refractivity contribution in [3.8, 4) is 11.5 Å². The summed E-state index contributed by atoms with van der Waals surface area (Å²) in [7, 11) is 3.13. The van der Waals surface area contributed by atoms with E-state index in [2.05, 4.69) is 5.32 Å². The molecule has 6 heteroatoms. The summed E-state index contributed by atoms with van der Waals surface area (Å²) in [4.78, 5) is 24.0. The van der Waals surface area contributed by atoms with Crippen LogP contribution in [0.4, 0.5) is 0 Å². The number of hydrogen-bond acceptors (Lipinski definition) is 4. The van der Waals surface area contributed by atoms with Gasteiger partial charge in [0.1, 0.15) is 11.5 Å². The number of rotatable bonds is 8. The molecule has 0 fully saturated rings. The number of hydrogen-bond donors (Lipinski definition) is 2. The zero-order valence-electron chi connectivity index (χ0n) is 16.0. The maximum absolute atomic E-state index is 12.4. The average molecular weight is 371 g/mol. The molecule has 0 radical (unpaired) electrons. The zero-order chi connectivity index (χ0) is 20.0. The van der Waals surface area contributed by atoms with Gasteiger partial charge >= 0.3 is 5.97 Å². The predicted octanol–water partition coefficient (Wildman–Crippen LogP) is 3.20. The molecule has 0 aliphatic carbocycles. The van der Waals surface area contributed by atoms with E-state index in [0.717, 1.165) is 16.7 Å². The Morgan fingerprint density at radius 3 is 2.26 bits per heavy atom. The van der Waals surface area contributed by atoms with Gasteiger partial charge in [0.2, 0.25) is 5.91 Å². The van der Waals surface area contributed by atoms with Crippen LogP contribution in [0, 0.1) is 13.8 Å². The second-order valence-electron chi connectivity index (χ2n) is 6.44. The van der Waals surface area contributed by atoms with E-state index in [-0.39, 0.29) is 12.3 Å². The molecule has 1 unspecified atom stereocenters. The van der Waals surface area contributed by atoms with Crippen molar-refractivity contribution in [2.75, 3.05) is 14.2 Å². The summed E-state index contributed by atoms with van der Waals surface area (Å²) in [6.45, 7) is 3.79. The highest BCUT2D eigenvalue weighted by Crippen LogP contribution is 2.25. The Kier molecular flexibility index (Phi) is 6.82. The number of methoxy groups -OCH3 is 2. The third-order valence-electron chi connectivity index (χ3n) is 4.24. The number of aliphatic carboxylic acids is 1. The van der Waals surface area contributed by atoms with Crippen LogP contribution >= 0.6 is 0 Å². The quantitative estimate of drug-likeness (QED) is 0.744. The van der Waals surface area contributed by atoms with Gasteiger partial charge in [0.15, 0.2) is 6.04 Å². The first-order valence-electron chi connectivity index (χ1n) is 8.65. The Morgan fingerprint density at radius 1 is 1.04 bits per heavy atom. The van der Waals surface area contributed by atoms with Crippen LogP contribution in [0.2, 0.25) is 0 Å². The molecule has 6 nitrogen and oxygen atoms in total. The smallest absolute Gasteiger partial charge is 0.330 e. The minimum atomic E-state index is -1.09. The summed E-state index contributed by atoms with van der Waals surface area (Å²) >= 11 is 0. The first-order chi connectivity index (χ1) is 12.8. The van der Waals surface area contributed by atoms with Crippen LogP contribution < -0.4 is 14.8 Å². The highest BCUT2D eigenvalue weighted by atomic mass is 16.5. The monoisotopic (exact) mass is 371 g/mol. The van der Waals surface area contributed by atoms with E-state index in [0.29, 0.717) is 23.5 Å². The Balaban J connectivity index is 2.10. The number of carbonyl (C=O) groups is 2. The van der Waals surface area contributed by atoms with Gasteiger partial charge in [0, 0.05) is 6.42 Å². The summed E-state index contributed by atoms with van der Waals surface area (Å²) in [6, 6.07) is 9.80. The van der Waals surface area contributed by atoms with Gasteiger partial charge in [-0.1, -0.05) is 29.3 Å². The van der Waals surface area contributed by atoms with Crippen LogP contribution in [0.1, 0.15) is 34.7 Å². The summed E-state index contributed by atoms with van der Waals surface area (Å²) < 4.78 is 10.5. The first-order valence-corrected chi connectivity index (χ1v) is 8.65. The van der Waals surface area contributed by atoms with Gasteiger partial charge in [0.25, 0.3) is 0 Å². The van der Waals surface area contributed by atoms with Gasteiger partial charge in [-0.2, -0.15) is 0 Å². The number of nitrogens with one attached hydrogen (secondary N) is 1. The summed E-state index contributed by atoms with van der Waals surface area (Å²) in [6.07, 6.45) is 0.545. The molecule has 27 heavy (non-hydrogen) atoms. The van der Waals surface area contributed by atoms with Gasteiger partial charge in [-0.3, -0.25) is 4.79 Å². The molecule has 0 bridgehead atoms. The van der Waals surface area contributed by atoms with E-state index in [1.54, 1.807) is 38.5 Å². The molecule has 2 aromatic carbocycles. The lowest BCUT2D eigenvalue weighted by Gasteiger charge is -2.17. The molecule has 1 amide bonds. The maximum atomic E-state index is 12.4. The minimum Gasteiger partial charge on any atom is -0.497 e. The molecule has 1 atom stereocenters. The fourth-order valence-corrected chi connectivity index (χ4v) is 3.02. The highest BCUT2D eigenvalue weighted by Gasteiger charge is 2.22. The van der Waals surface area contributed by atoms with E-state index in [1.165, 1.54) is 0 Å². The molecule has 2 rings (SSSR count). The summed E-state index contributed by atoms with van der Waals surface area (Å²) in [5, 5.41) is 12.2. The van der Waals surface area contributed by atoms with Crippen LogP contribution in [-0.2, 0) is 16.0 Å². The van der Waals surface area contributed by atoms with E-state index in [4.69, 9.17) is 9.47 Å². The third kappa shape index (κ3) is 5.48. The fourth-order valence-electron chi connectivity index (χ4n) is 3.02. The molecular weight excluding hydrogens is 346 g/mol. The zero-order valence-corrected chi connectivity index (χ0v) is 16.0. The molecule has 0 aromatic heterocycles. The van der Waals surface area contributed by atoms with E-state index >= 15 is 0 Å². The number of carboxylic acid groups (broad SMARTS) is 1. The fraction of sp³-hybridized carbons (Fsp3) is 0.333. The van der Waals surface area contributed by atoms with Crippen molar-refractivity contribution in [2.24, 2.45) is 0 Å². The van der Waals surface area contributed by atoms with Crippen molar-refractivity contribution in [3.05, 3.63) is 58.7 Å². The predicted molar refractivity (Wildman–Crippen MR) is 102 cm³/mol. The van der Waals surface area contributed by atoms with E-state index in [1.807, 2.05) is 26.0 Å². The lowest BCUT2D eigenvalue weighted by molar-refractivity contribution is -0.142. The molecule has 0 heterocycles. The number of amides is 1. The molecule has 0 spiro atoms. The van der Waals surface area contributed by atoms with Crippen LogP contribution in [0.3, 0.4) is 0 Å². The number of aryl methyl sites for hydroxylation is 3. The van der Waals surface area contributed by atoms with Crippen molar-refractivity contribution in [2.45, 2.75) is 32.7 Å². The van der Waals surface area contributed by atoms with Crippen LogP contribution in [0.25, 0.3) is 0 Å². The number of ether oxygens (including phenoxy) is 2. The summed E-state index contributed by atoms with van der Waals surface area (Å²) in [5.41, 5.74) is 3.29. The van der Waals surface area contributed by atoms with E-state index < -0.39 is 12.0 Å². The summed E-state index contributed by atoms with van der Waals surface area (Å²) in [5.74, 6) is -0.101. The van der Waals surface area contributed by atoms with Gasteiger partial charge in [0.05, 0.1) is 14.2 Å². The topological polar surface area (TPSA) is 84.9 Å². The van der Waals surface area contributed by atoms with Gasteiger partial charge in [-0.05, 0) is 49.6 Å². The Bertz CT molecular complexity index is 811. The first kappa shape index (κ1) is 20.3. The number of benzene rings is 2. The van der Waals surface area contributed by atoms with Crippen molar-refractivity contribution >= 4 is 11.9 Å². The molecule has 2 aromatic rings. The maximum Gasteiger partial charge on any atom is 0.330 e. The van der Waals surface area contributed by atoms with Gasteiger partial charge in [-0.15, -0.1) is 0 Å². The minimum absolute atomic E-state index is 0.137. The normalized spacial score (nSPS) is 11.6. The highest BCUT2D eigenvalue weighted by molar-refractivity contribution is 5.84. The second kappa shape index (κ2) is 9.07. The Morgan fingerprint density at radius 2 is 1.70 bits per heavy atom. The standard InChI is InChI=1S/C21H25NO5/c1-13-9-14(2)11-16(10-13)20(21(24)25)22-19(23)8-5-15-12-17(26-3)6-7-18(15)27-4/h6-7,9-12,20H,5,8H2,1-4H3,(H,22,23)(H,24,25). The van der Waals surface area contributed by atoms with Crippen LogP contribution in [-0.4, -0.2) is 31.2 Å². The number of carbonyl (C=O) groups excluding carboxylic acids is 1. The van der Waals surface area contributed by atoms with Gasteiger partial charge in [-0.25, -0.2) is 4.79 Å². The second-order valence-corrected chi connectivity index (χ2v) is 6.44. The number of carboxylic acids is 1. The lowest BCUT2D eigenvalue weighted by Crippen LogP contribution is -2.34. The van der Waals surface area contributed by atoms with Gasteiger partial charge < -0.3 is 19.9 Å². The van der Waals surface area contributed by atoms with Crippen molar-refractivity contribution in [1.29, 1.82) is 0 Å². The molecular formula is C21H25NO5. The Hall–Kier alpha value is -3.02. The third-order valence-corrected chi connectivity index (χ3v) is 4.24. The molecule has 0 saturated heterocycles. The molecule has 2 N–H and O–H groups in total. The average Bonchev–Trinajstić information content (AvgIpc) is 2.63. The van der Waals surface area contributed by atoms with Crippen molar-refractivity contribution in [1.82, 2.24) is 5.32 Å². The molecule has 0 aliphatic rings. The van der Waals surface area contributed by atoms with Crippen molar-refractivity contribution < 1.29 is 24.2 Å². The lowest BCUT2D eigenvalue weighted by atomic mass is 10.0. The Labute approximate surface area is 159 Å². The van der Waals surface area contributed by atoms with Crippen LogP contribution in [0.15, 0.2) is 36.4 Å². The molecule has 0 saturated carbocycles.